The molecule has 1 fully saturated rings. The monoisotopic (exact) mass is 310 g/mol. The molecule has 1 aliphatic rings. The predicted octanol–water partition coefficient (Wildman–Crippen LogP) is 2.06. The maximum atomic E-state index is 9.16. The molecule has 6 heteroatoms. The highest BCUT2D eigenvalue weighted by molar-refractivity contribution is 9.10. The summed E-state index contributed by atoms with van der Waals surface area (Å²) in [5, 5.41) is 17.0. The fourth-order valence-corrected chi connectivity index (χ4v) is 2.92. The van der Waals surface area contributed by atoms with Crippen molar-refractivity contribution in [2.75, 3.05) is 11.9 Å². The molecule has 0 aromatic carbocycles. The van der Waals surface area contributed by atoms with Crippen molar-refractivity contribution in [1.82, 2.24) is 14.6 Å². The lowest BCUT2D eigenvalue weighted by Crippen LogP contribution is -2.18. The van der Waals surface area contributed by atoms with Gasteiger partial charge in [0.25, 0.3) is 0 Å². The van der Waals surface area contributed by atoms with E-state index in [1.165, 1.54) is 0 Å². The Morgan fingerprint density at radius 1 is 1.50 bits per heavy atom. The molecule has 2 N–H and O–H groups in total. The first-order valence-electron chi connectivity index (χ1n) is 6.14. The van der Waals surface area contributed by atoms with E-state index < -0.39 is 0 Å². The number of rotatable bonds is 3. The van der Waals surface area contributed by atoms with Crippen LogP contribution >= 0.6 is 15.9 Å². The molecule has 1 aliphatic carbocycles. The number of aliphatic hydroxyl groups is 1. The molecule has 1 saturated carbocycles. The van der Waals surface area contributed by atoms with Gasteiger partial charge in [0.1, 0.15) is 10.4 Å². The lowest BCUT2D eigenvalue weighted by atomic mass is 10.1. The summed E-state index contributed by atoms with van der Waals surface area (Å²) in [6, 6.07) is 4.23. The minimum Gasteiger partial charge on any atom is -0.396 e. The predicted molar refractivity (Wildman–Crippen MR) is 72.5 cm³/mol. The van der Waals surface area contributed by atoms with Crippen molar-refractivity contribution in [2.45, 2.75) is 25.3 Å². The molecule has 2 aromatic heterocycles. The number of aliphatic hydroxyl groups excluding tert-OH is 1. The maximum Gasteiger partial charge on any atom is 0.158 e. The molecule has 2 aromatic rings. The molecular formula is C12H15BrN4O. The number of aromatic nitrogens is 3. The first-order valence-corrected chi connectivity index (χ1v) is 6.93. The van der Waals surface area contributed by atoms with Crippen molar-refractivity contribution >= 4 is 27.4 Å². The van der Waals surface area contributed by atoms with Crippen LogP contribution in [-0.4, -0.2) is 32.4 Å². The second kappa shape index (κ2) is 4.85. The molecule has 3 rings (SSSR count). The highest BCUT2D eigenvalue weighted by Crippen LogP contribution is 2.27. The number of nitrogens with one attached hydrogen (secondary N) is 1. The Hall–Kier alpha value is -1.14. The smallest absolute Gasteiger partial charge is 0.158 e. The third-order valence-corrected chi connectivity index (χ3v) is 3.87. The van der Waals surface area contributed by atoms with Gasteiger partial charge in [0.05, 0.1) is 0 Å². The van der Waals surface area contributed by atoms with Gasteiger partial charge in [-0.3, -0.25) is 0 Å². The van der Waals surface area contributed by atoms with E-state index in [4.69, 9.17) is 5.11 Å². The summed E-state index contributed by atoms with van der Waals surface area (Å²) in [7, 11) is 0. The zero-order valence-electron chi connectivity index (χ0n) is 9.88. The van der Waals surface area contributed by atoms with Gasteiger partial charge < -0.3 is 10.4 Å². The van der Waals surface area contributed by atoms with E-state index in [1.54, 1.807) is 10.7 Å². The van der Waals surface area contributed by atoms with Gasteiger partial charge in [0, 0.05) is 24.9 Å². The summed E-state index contributed by atoms with van der Waals surface area (Å²) < 4.78 is 2.58. The van der Waals surface area contributed by atoms with Crippen molar-refractivity contribution in [3.05, 3.63) is 22.9 Å². The van der Waals surface area contributed by atoms with Crippen LogP contribution in [0.1, 0.15) is 19.3 Å². The third-order valence-electron chi connectivity index (χ3n) is 3.48. The van der Waals surface area contributed by atoms with Gasteiger partial charge in [0.2, 0.25) is 0 Å². The van der Waals surface area contributed by atoms with Crippen LogP contribution in [0.4, 0.5) is 5.82 Å². The Morgan fingerprint density at radius 3 is 3.17 bits per heavy atom. The van der Waals surface area contributed by atoms with Crippen molar-refractivity contribution < 1.29 is 5.11 Å². The van der Waals surface area contributed by atoms with Gasteiger partial charge in [-0.1, -0.05) is 0 Å². The molecule has 0 aliphatic heterocycles. The molecule has 0 bridgehead atoms. The van der Waals surface area contributed by atoms with Gasteiger partial charge in [-0.2, -0.15) is 9.61 Å². The van der Waals surface area contributed by atoms with Gasteiger partial charge in [-0.25, -0.2) is 4.98 Å². The minimum atomic E-state index is 0.289. The quantitative estimate of drug-likeness (QED) is 0.911. The number of hydrogen-bond donors (Lipinski definition) is 2. The highest BCUT2D eigenvalue weighted by atomic mass is 79.9. The van der Waals surface area contributed by atoms with Crippen molar-refractivity contribution in [3.63, 3.8) is 0 Å². The Labute approximate surface area is 113 Å². The van der Waals surface area contributed by atoms with E-state index in [-0.39, 0.29) is 6.61 Å². The van der Waals surface area contributed by atoms with E-state index in [9.17, 15) is 0 Å². The molecule has 0 spiro atoms. The van der Waals surface area contributed by atoms with Crippen molar-refractivity contribution in [3.8, 4) is 0 Å². The Bertz CT molecular complexity index is 556. The fraction of sp³-hybridized carbons (Fsp3) is 0.500. The van der Waals surface area contributed by atoms with E-state index in [1.807, 2.05) is 12.1 Å². The molecule has 5 nitrogen and oxygen atoms in total. The topological polar surface area (TPSA) is 62.5 Å². The normalized spacial score (nSPS) is 23.7. The van der Waals surface area contributed by atoms with Crippen LogP contribution < -0.4 is 5.32 Å². The maximum absolute atomic E-state index is 9.16. The number of anilines is 1. The Morgan fingerprint density at radius 2 is 2.39 bits per heavy atom. The first kappa shape index (κ1) is 11.9. The molecule has 2 atom stereocenters. The fourth-order valence-electron chi connectivity index (χ4n) is 2.56. The van der Waals surface area contributed by atoms with Gasteiger partial charge in [-0.05, 0) is 47.2 Å². The average molecular weight is 311 g/mol. The summed E-state index contributed by atoms with van der Waals surface area (Å²) in [4.78, 5) is 4.26. The molecule has 0 saturated heterocycles. The summed E-state index contributed by atoms with van der Waals surface area (Å²) in [6.45, 7) is 0.289. The van der Waals surface area contributed by atoms with Crippen LogP contribution in [0.5, 0.6) is 0 Å². The van der Waals surface area contributed by atoms with Crippen LogP contribution in [0, 0.1) is 5.92 Å². The number of halogens is 1. The summed E-state index contributed by atoms with van der Waals surface area (Å²) in [5.41, 5.74) is 0.823. The SMILES string of the molecule is OCC1CCC(Nc2ccnc3cc(Br)nn23)C1. The lowest BCUT2D eigenvalue weighted by Gasteiger charge is -2.14. The van der Waals surface area contributed by atoms with Crippen LogP contribution in [0.15, 0.2) is 22.9 Å². The van der Waals surface area contributed by atoms with Crippen LogP contribution in [0.25, 0.3) is 5.65 Å². The van der Waals surface area contributed by atoms with Crippen LogP contribution in [0.2, 0.25) is 0 Å². The van der Waals surface area contributed by atoms with E-state index in [0.717, 1.165) is 35.3 Å². The van der Waals surface area contributed by atoms with Gasteiger partial charge in [-0.15, -0.1) is 0 Å². The summed E-state index contributed by atoms with van der Waals surface area (Å²) in [6.07, 6.45) is 4.98. The lowest BCUT2D eigenvalue weighted by molar-refractivity contribution is 0.229. The molecule has 0 radical (unpaired) electrons. The Kier molecular flexibility index (Phi) is 3.22. The van der Waals surface area contributed by atoms with E-state index >= 15 is 0 Å². The van der Waals surface area contributed by atoms with Crippen molar-refractivity contribution in [2.24, 2.45) is 5.92 Å². The van der Waals surface area contributed by atoms with Gasteiger partial charge >= 0.3 is 0 Å². The summed E-state index contributed by atoms with van der Waals surface area (Å²) in [5.74, 6) is 1.39. The number of nitrogens with zero attached hydrogens (tertiary/aromatic N) is 3. The zero-order valence-corrected chi connectivity index (χ0v) is 11.5. The van der Waals surface area contributed by atoms with E-state index in [0.29, 0.717) is 12.0 Å². The first-order chi connectivity index (χ1) is 8.76. The second-order valence-corrected chi connectivity index (χ2v) is 5.58. The summed E-state index contributed by atoms with van der Waals surface area (Å²) >= 11 is 3.36. The Balaban J connectivity index is 1.82. The zero-order chi connectivity index (χ0) is 12.5. The molecular weight excluding hydrogens is 296 g/mol. The second-order valence-electron chi connectivity index (χ2n) is 4.77. The van der Waals surface area contributed by atoms with Crippen LogP contribution in [0.3, 0.4) is 0 Å². The van der Waals surface area contributed by atoms with Crippen LogP contribution in [-0.2, 0) is 0 Å². The van der Waals surface area contributed by atoms with Crippen molar-refractivity contribution in [1.29, 1.82) is 0 Å². The molecule has 2 unspecified atom stereocenters. The third kappa shape index (κ3) is 2.22. The molecule has 96 valence electrons. The molecule has 2 heterocycles. The molecule has 0 amide bonds. The molecule has 18 heavy (non-hydrogen) atoms. The standard InChI is InChI=1S/C12H15BrN4O/c13-10-6-12-14-4-3-11(17(12)16-10)15-9-2-1-8(5-9)7-18/h3-4,6,8-9,15,18H,1-2,5,7H2. The van der Waals surface area contributed by atoms with Gasteiger partial charge in [0.15, 0.2) is 5.65 Å². The largest absolute Gasteiger partial charge is 0.396 e. The van der Waals surface area contributed by atoms with E-state index in [2.05, 4.69) is 31.3 Å². The number of hydrogen-bond acceptors (Lipinski definition) is 4. The number of fused-ring (bicyclic) bond motifs is 1. The minimum absolute atomic E-state index is 0.289. The average Bonchev–Trinajstić information content (AvgIpc) is 2.95. The highest BCUT2D eigenvalue weighted by Gasteiger charge is 2.24.